The molecule has 0 radical (unpaired) electrons. The molecule has 0 spiro atoms. The van der Waals surface area contributed by atoms with Gasteiger partial charge in [0.2, 0.25) is 5.91 Å². The van der Waals surface area contributed by atoms with E-state index in [0.29, 0.717) is 13.0 Å². The highest BCUT2D eigenvalue weighted by Gasteiger charge is 2.32. The molecule has 5 nitrogen and oxygen atoms in total. The molecule has 0 saturated carbocycles. The number of benzene rings is 1. The molecular formula is C14H19NO4S. The number of methoxy groups -OCH3 is 1. The lowest BCUT2D eigenvalue weighted by molar-refractivity contribution is -0.134. The average molecular weight is 297 g/mol. The highest BCUT2D eigenvalue weighted by atomic mass is 32.2. The van der Waals surface area contributed by atoms with E-state index in [1.807, 2.05) is 30.3 Å². The predicted octanol–water partition coefficient (Wildman–Crippen LogP) is 1.02. The molecule has 1 unspecified atom stereocenters. The molecule has 0 aromatic heterocycles. The minimum absolute atomic E-state index is 0.00200. The first kappa shape index (κ1) is 15.0. The van der Waals surface area contributed by atoms with E-state index >= 15 is 0 Å². The van der Waals surface area contributed by atoms with E-state index in [1.54, 1.807) is 4.90 Å². The minimum atomic E-state index is -3.23. The topological polar surface area (TPSA) is 63.7 Å². The van der Waals surface area contributed by atoms with Gasteiger partial charge in [-0.3, -0.25) is 4.79 Å². The van der Waals surface area contributed by atoms with Gasteiger partial charge in [-0.15, -0.1) is 0 Å². The second-order valence-corrected chi connectivity index (χ2v) is 7.17. The number of nitrogens with zero attached hydrogens (tertiary/aromatic N) is 1. The normalized spacial score (nSPS) is 22.2. The van der Waals surface area contributed by atoms with Gasteiger partial charge in [0.25, 0.3) is 0 Å². The van der Waals surface area contributed by atoms with Gasteiger partial charge in [0.1, 0.15) is 6.61 Å². The van der Waals surface area contributed by atoms with Gasteiger partial charge in [0.05, 0.1) is 11.0 Å². The van der Waals surface area contributed by atoms with Crippen molar-refractivity contribution in [1.82, 2.24) is 4.90 Å². The van der Waals surface area contributed by atoms with Crippen molar-refractivity contribution in [2.24, 2.45) is 0 Å². The Morgan fingerprint density at radius 2 is 2.00 bits per heavy atom. The number of hydrogen-bond acceptors (Lipinski definition) is 4. The van der Waals surface area contributed by atoms with Gasteiger partial charge >= 0.3 is 0 Å². The minimum Gasteiger partial charge on any atom is -0.375 e. The van der Waals surface area contributed by atoms with Crippen molar-refractivity contribution in [3.05, 3.63) is 35.9 Å². The summed E-state index contributed by atoms with van der Waals surface area (Å²) in [5, 5.41) is -0.524. The third-order valence-corrected chi connectivity index (χ3v) is 5.66. The molecule has 1 amide bonds. The van der Waals surface area contributed by atoms with E-state index in [-0.39, 0.29) is 24.8 Å². The van der Waals surface area contributed by atoms with Crippen molar-refractivity contribution >= 4 is 15.7 Å². The largest absolute Gasteiger partial charge is 0.375 e. The van der Waals surface area contributed by atoms with Crippen LogP contribution in [-0.4, -0.2) is 51.8 Å². The summed E-state index contributed by atoms with van der Waals surface area (Å²) in [6, 6.07) is 9.19. The SMILES string of the molecule is COCC(=O)N1CCC(c2ccccc2)S(=O)(=O)CC1. The van der Waals surface area contributed by atoms with Gasteiger partial charge < -0.3 is 9.64 Å². The van der Waals surface area contributed by atoms with Gasteiger partial charge in [0, 0.05) is 20.2 Å². The summed E-state index contributed by atoms with van der Waals surface area (Å²) < 4.78 is 29.5. The standard InChI is InChI=1S/C14H19NO4S/c1-19-11-14(16)15-8-7-13(20(17,18)10-9-15)12-5-3-2-4-6-12/h2-6,13H,7-11H2,1H3. The number of ether oxygens (including phenoxy) is 1. The van der Waals surface area contributed by atoms with Crippen LogP contribution in [0.1, 0.15) is 17.2 Å². The maximum absolute atomic E-state index is 12.4. The zero-order chi connectivity index (χ0) is 14.6. The molecule has 6 heteroatoms. The molecule has 0 N–H and O–H groups in total. The Morgan fingerprint density at radius 3 is 2.65 bits per heavy atom. The molecule has 110 valence electrons. The quantitative estimate of drug-likeness (QED) is 0.835. The average Bonchev–Trinajstić information content (AvgIpc) is 2.58. The number of carbonyl (C=O) groups is 1. The second-order valence-electron chi connectivity index (χ2n) is 4.87. The second kappa shape index (κ2) is 6.37. The molecule has 0 bridgehead atoms. The van der Waals surface area contributed by atoms with E-state index in [0.717, 1.165) is 5.56 Å². The van der Waals surface area contributed by atoms with E-state index < -0.39 is 15.1 Å². The number of hydrogen-bond donors (Lipinski definition) is 0. The first-order valence-corrected chi connectivity index (χ1v) is 8.29. The summed E-state index contributed by atoms with van der Waals surface area (Å²) in [4.78, 5) is 13.4. The zero-order valence-corrected chi connectivity index (χ0v) is 12.3. The lowest BCUT2D eigenvalue weighted by Gasteiger charge is -2.19. The highest BCUT2D eigenvalue weighted by molar-refractivity contribution is 7.91. The number of amides is 1. The fourth-order valence-corrected chi connectivity index (χ4v) is 4.25. The van der Waals surface area contributed by atoms with Gasteiger partial charge in [-0.25, -0.2) is 8.42 Å². The smallest absolute Gasteiger partial charge is 0.248 e. The van der Waals surface area contributed by atoms with Crippen LogP contribution in [0.5, 0.6) is 0 Å². The summed E-state index contributed by atoms with van der Waals surface area (Å²) in [6.07, 6.45) is 0.432. The van der Waals surface area contributed by atoms with Crippen molar-refractivity contribution < 1.29 is 17.9 Å². The molecule has 1 fully saturated rings. The first-order chi connectivity index (χ1) is 9.54. The molecule has 1 aromatic carbocycles. The lowest BCUT2D eigenvalue weighted by atomic mass is 10.1. The molecule has 0 aliphatic carbocycles. The van der Waals surface area contributed by atoms with Crippen molar-refractivity contribution in [2.45, 2.75) is 11.7 Å². The van der Waals surface area contributed by atoms with Crippen LogP contribution in [0.3, 0.4) is 0 Å². The Morgan fingerprint density at radius 1 is 1.30 bits per heavy atom. The Labute approximate surface area is 119 Å². The van der Waals surface area contributed by atoms with Gasteiger partial charge in [0.15, 0.2) is 9.84 Å². The molecule has 1 aliphatic heterocycles. The van der Waals surface area contributed by atoms with Crippen LogP contribution in [-0.2, 0) is 19.4 Å². The van der Waals surface area contributed by atoms with Crippen LogP contribution in [0, 0.1) is 0 Å². The van der Waals surface area contributed by atoms with Crippen LogP contribution >= 0.6 is 0 Å². The third-order valence-electron chi connectivity index (χ3n) is 3.53. The Bertz CT molecular complexity index is 556. The summed E-state index contributed by atoms with van der Waals surface area (Å²) in [5.74, 6) is -0.154. The molecule has 1 aromatic rings. The zero-order valence-electron chi connectivity index (χ0n) is 11.5. The van der Waals surface area contributed by atoms with E-state index in [1.165, 1.54) is 7.11 Å². The van der Waals surface area contributed by atoms with Crippen molar-refractivity contribution in [3.8, 4) is 0 Å². The molecule has 1 aliphatic rings. The third kappa shape index (κ3) is 3.37. The number of sulfone groups is 1. The fourth-order valence-electron chi connectivity index (χ4n) is 2.45. The number of rotatable bonds is 3. The molecule has 20 heavy (non-hydrogen) atoms. The van der Waals surface area contributed by atoms with E-state index in [9.17, 15) is 13.2 Å². The number of carbonyl (C=O) groups excluding carboxylic acids is 1. The van der Waals surface area contributed by atoms with Crippen LogP contribution < -0.4 is 0 Å². The molecule has 2 rings (SSSR count). The van der Waals surface area contributed by atoms with Crippen molar-refractivity contribution in [3.63, 3.8) is 0 Å². The summed E-state index contributed by atoms with van der Waals surface area (Å²) in [7, 11) is -1.77. The van der Waals surface area contributed by atoms with Crippen LogP contribution in [0.2, 0.25) is 0 Å². The van der Waals surface area contributed by atoms with Crippen LogP contribution in [0.4, 0.5) is 0 Å². The Hall–Kier alpha value is -1.40. The Kier molecular flexibility index (Phi) is 4.77. The maximum Gasteiger partial charge on any atom is 0.248 e. The lowest BCUT2D eigenvalue weighted by Crippen LogP contribution is -2.36. The fraction of sp³-hybridized carbons (Fsp3) is 0.500. The van der Waals surface area contributed by atoms with Gasteiger partial charge in [-0.1, -0.05) is 30.3 Å². The summed E-state index contributed by atoms with van der Waals surface area (Å²) in [6.45, 7) is 0.685. The maximum atomic E-state index is 12.4. The van der Waals surface area contributed by atoms with E-state index in [4.69, 9.17) is 4.74 Å². The predicted molar refractivity (Wildman–Crippen MR) is 76.0 cm³/mol. The highest BCUT2D eigenvalue weighted by Crippen LogP contribution is 2.29. The molecule has 1 heterocycles. The van der Waals surface area contributed by atoms with Crippen LogP contribution in [0.25, 0.3) is 0 Å². The molecule has 1 atom stereocenters. The Balaban J connectivity index is 2.18. The molecule has 1 saturated heterocycles. The van der Waals surface area contributed by atoms with Crippen LogP contribution in [0.15, 0.2) is 30.3 Å². The van der Waals surface area contributed by atoms with Gasteiger partial charge in [-0.05, 0) is 12.0 Å². The van der Waals surface area contributed by atoms with E-state index in [2.05, 4.69) is 0 Å². The van der Waals surface area contributed by atoms with Crippen molar-refractivity contribution in [1.29, 1.82) is 0 Å². The summed E-state index contributed by atoms with van der Waals surface area (Å²) in [5.41, 5.74) is 0.800. The van der Waals surface area contributed by atoms with Crippen molar-refractivity contribution in [2.75, 3.05) is 32.6 Å². The first-order valence-electron chi connectivity index (χ1n) is 6.58. The monoisotopic (exact) mass is 297 g/mol. The van der Waals surface area contributed by atoms with Gasteiger partial charge in [-0.2, -0.15) is 0 Å². The summed E-state index contributed by atoms with van der Waals surface area (Å²) >= 11 is 0. The molecular weight excluding hydrogens is 278 g/mol.